The molecule has 20 heavy (non-hydrogen) atoms. The Morgan fingerprint density at radius 2 is 2.05 bits per heavy atom. The first-order valence-electron chi connectivity index (χ1n) is 6.48. The third-order valence-corrected chi connectivity index (χ3v) is 4.43. The molecule has 0 unspecified atom stereocenters. The Morgan fingerprint density at radius 1 is 1.35 bits per heavy atom. The zero-order valence-corrected chi connectivity index (χ0v) is 12.8. The third kappa shape index (κ3) is 3.57. The van der Waals surface area contributed by atoms with Crippen molar-refractivity contribution in [3.8, 4) is 5.88 Å². The molecule has 2 rings (SSSR count). The number of rotatable bonds is 4. The van der Waals surface area contributed by atoms with Crippen molar-refractivity contribution >= 4 is 15.8 Å². The number of piperidine rings is 1. The van der Waals surface area contributed by atoms with E-state index in [4.69, 9.17) is 4.74 Å². The number of hydrogen-bond acceptors (Lipinski definition) is 6. The second-order valence-electron chi connectivity index (χ2n) is 5.08. The first-order valence-corrected chi connectivity index (χ1v) is 8.33. The molecule has 1 aromatic rings. The SMILES string of the molecule is CN(C)c1nccnc1O[C@H]1CCCN(S(C)(=O)=O)C1. The van der Waals surface area contributed by atoms with Gasteiger partial charge >= 0.3 is 0 Å². The minimum absolute atomic E-state index is 0.186. The van der Waals surface area contributed by atoms with Gasteiger partial charge in [0, 0.05) is 33.0 Å². The largest absolute Gasteiger partial charge is 0.470 e. The molecule has 0 spiro atoms. The molecular formula is C12H20N4O3S. The summed E-state index contributed by atoms with van der Waals surface area (Å²) in [4.78, 5) is 10.2. The Kier molecular flexibility index (Phi) is 4.44. The molecular weight excluding hydrogens is 280 g/mol. The van der Waals surface area contributed by atoms with Gasteiger partial charge in [-0.15, -0.1) is 0 Å². The molecule has 0 aliphatic carbocycles. The minimum atomic E-state index is -3.17. The van der Waals surface area contributed by atoms with Crippen molar-refractivity contribution in [2.24, 2.45) is 0 Å². The van der Waals surface area contributed by atoms with E-state index < -0.39 is 10.0 Å². The maximum atomic E-state index is 11.6. The van der Waals surface area contributed by atoms with E-state index in [1.807, 2.05) is 19.0 Å². The predicted octanol–water partition coefficient (Wildman–Crippen LogP) is 0.345. The number of ether oxygens (including phenoxy) is 1. The average Bonchev–Trinajstić information content (AvgIpc) is 2.38. The lowest BCUT2D eigenvalue weighted by molar-refractivity contribution is 0.125. The Hall–Kier alpha value is -1.41. The molecule has 0 N–H and O–H groups in total. The Labute approximate surface area is 119 Å². The molecule has 1 aliphatic heterocycles. The molecule has 2 heterocycles. The lowest BCUT2D eigenvalue weighted by Gasteiger charge is -2.31. The maximum Gasteiger partial charge on any atom is 0.257 e. The van der Waals surface area contributed by atoms with Crippen LogP contribution in [0.4, 0.5) is 5.82 Å². The molecule has 0 amide bonds. The average molecular weight is 300 g/mol. The van der Waals surface area contributed by atoms with Crippen LogP contribution in [-0.4, -0.2) is 62.2 Å². The Bertz CT molecular complexity index is 562. The smallest absolute Gasteiger partial charge is 0.257 e. The fourth-order valence-electron chi connectivity index (χ4n) is 2.17. The Balaban J connectivity index is 2.11. The zero-order valence-electron chi connectivity index (χ0n) is 12.0. The van der Waals surface area contributed by atoms with Crippen LogP contribution in [0.2, 0.25) is 0 Å². The second kappa shape index (κ2) is 5.92. The van der Waals surface area contributed by atoms with Crippen molar-refractivity contribution in [3.63, 3.8) is 0 Å². The summed E-state index contributed by atoms with van der Waals surface area (Å²) in [5.74, 6) is 1.09. The molecule has 112 valence electrons. The van der Waals surface area contributed by atoms with Gasteiger partial charge in [0.05, 0.1) is 12.8 Å². The number of hydrogen-bond donors (Lipinski definition) is 0. The van der Waals surface area contributed by atoms with Gasteiger partial charge in [0.1, 0.15) is 6.10 Å². The molecule has 1 fully saturated rings. The predicted molar refractivity (Wildman–Crippen MR) is 76.4 cm³/mol. The highest BCUT2D eigenvalue weighted by Crippen LogP contribution is 2.24. The molecule has 1 aromatic heterocycles. The van der Waals surface area contributed by atoms with Crippen molar-refractivity contribution in [2.75, 3.05) is 38.3 Å². The second-order valence-corrected chi connectivity index (χ2v) is 7.07. The third-order valence-electron chi connectivity index (χ3n) is 3.16. The van der Waals surface area contributed by atoms with Crippen LogP contribution in [0, 0.1) is 0 Å². The van der Waals surface area contributed by atoms with Gasteiger partial charge in [-0.05, 0) is 12.8 Å². The van der Waals surface area contributed by atoms with Crippen LogP contribution < -0.4 is 9.64 Å². The van der Waals surface area contributed by atoms with Crippen LogP contribution in [-0.2, 0) is 10.0 Å². The van der Waals surface area contributed by atoms with Gasteiger partial charge < -0.3 is 9.64 Å². The highest BCUT2D eigenvalue weighted by Gasteiger charge is 2.28. The van der Waals surface area contributed by atoms with Gasteiger partial charge in [-0.3, -0.25) is 0 Å². The van der Waals surface area contributed by atoms with Gasteiger partial charge in [0.15, 0.2) is 5.82 Å². The van der Waals surface area contributed by atoms with Gasteiger partial charge in [0.25, 0.3) is 5.88 Å². The topological polar surface area (TPSA) is 75.6 Å². The summed E-state index contributed by atoms with van der Waals surface area (Å²) in [5.41, 5.74) is 0. The van der Waals surface area contributed by atoms with Crippen LogP contribution in [0.3, 0.4) is 0 Å². The van der Waals surface area contributed by atoms with E-state index in [1.165, 1.54) is 10.6 Å². The molecule has 0 saturated carbocycles. The first-order chi connectivity index (χ1) is 9.38. The molecule has 1 aliphatic rings. The molecule has 0 bridgehead atoms. The van der Waals surface area contributed by atoms with E-state index in [2.05, 4.69) is 9.97 Å². The summed E-state index contributed by atoms with van der Waals surface area (Å²) < 4.78 is 30.5. The molecule has 7 nitrogen and oxygen atoms in total. The molecule has 1 atom stereocenters. The van der Waals surface area contributed by atoms with Crippen molar-refractivity contribution in [1.82, 2.24) is 14.3 Å². The van der Waals surface area contributed by atoms with Crippen molar-refractivity contribution in [2.45, 2.75) is 18.9 Å². The lowest BCUT2D eigenvalue weighted by atomic mass is 10.1. The van der Waals surface area contributed by atoms with Crippen molar-refractivity contribution < 1.29 is 13.2 Å². The van der Waals surface area contributed by atoms with E-state index in [0.29, 0.717) is 24.8 Å². The van der Waals surface area contributed by atoms with E-state index in [0.717, 1.165) is 12.8 Å². The summed E-state index contributed by atoms with van der Waals surface area (Å²) in [6.07, 6.45) is 5.81. The molecule has 0 aromatic carbocycles. The normalized spacial score (nSPS) is 20.6. The van der Waals surface area contributed by atoms with Gasteiger partial charge in [-0.25, -0.2) is 18.4 Å². The highest BCUT2D eigenvalue weighted by atomic mass is 32.2. The number of nitrogens with zero attached hydrogens (tertiary/aromatic N) is 4. The summed E-state index contributed by atoms with van der Waals surface area (Å²) in [7, 11) is 0.553. The molecule has 1 saturated heterocycles. The van der Waals surface area contributed by atoms with E-state index in [-0.39, 0.29) is 6.10 Å². The lowest BCUT2D eigenvalue weighted by Crippen LogP contribution is -2.44. The van der Waals surface area contributed by atoms with E-state index >= 15 is 0 Å². The quantitative estimate of drug-likeness (QED) is 0.798. The number of aromatic nitrogens is 2. The van der Waals surface area contributed by atoms with Crippen LogP contribution >= 0.6 is 0 Å². The fourth-order valence-corrected chi connectivity index (χ4v) is 3.07. The van der Waals surface area contributed by atoms with Crippen LogP contribution in [0.15, 0.2) is 12.4 Å². The minimum Gasteiger partial charge on any atom is -0.470 e. The molecule has 8 heteroatoms. The summed E-state index contributed by atoms with van der Waals surface area (Å²) in [5, 5.41) is 0. The maximum absolute atomic E-state index is 11.6. The first kappa shape index (κ1) is 15.0. The standard InChI is InChI=1S/C12H20N4O3S/c1-15(2)11-12(14-7-6-13-11)19-10-5-4-8-16(9-10)20(3,17)18/h6-7,10H,4-5,8-9H2,1-3H3/t10-/m0/s1. The molecule has 0 radical (unpaired) electrons. The van der Waals surface area contributed by atoms with Gasteiger partial charge in [-0.2, -0.15) is 4.31 Å². The summed E-state index contributed by atoms with van der Waals surface area (Å²) in [6, 6.07) is 0. The van der Waals surface area contributed by atoms with Crippen LogP contribution in [0.5, 0.6) is 5.88 Å². The monoisotopic (exact) mass is 300 g/mol. The fraction of sp³-hybridized carbons (Fsp3) is 0.667. The Morgan fingerprint density at radius 3 is 2.70 bits per heavy atom. The summed E-state index contributed by atoms with van der Waals surface area (Å²) >= 11 is 0. The van der Waals surface area contributed by atoms with Crippen molar-refractivity contribution in [1.29, 1.82) is 0 Å². The number of anilines is 1. The highest BCUT2D eigenvalue weighted by molar-refractivity contribution is 7.88. The number of sulfonamides is 1. The van der Waals surface area contributed by atoms with Gasteiger partial charge in [0.2, 0.25) is 10.0 Å². The van der Waals surface area contributed by atoms with Crippen LogP contribution in [0.25, 0.3) is 0 Å². The van der Waals surface area contributed by atoms with Crippen LogP contribution in [0.1, 0.15) is 12.8 Å². The van der Waals surface area contributed by atoms with Gasteiger partial charge in [-0.1, -0.05) is 0 Å². The zero-order chi connectivity index (χ0) is 14.8. The van der Waals surface area contributed by atoms with Crippen molar-refractivity contribution in [3.05, 3.63) is 12.4 Å². The summed E-state index contributed by atoms with van der Waals surface area (Å²) in [6.45, 7) is 0.919. The van der Waals surface area contributed by atoms with E-state index in [9.17, 15) is 8.42 Å². The van der Waals surface area contributed by atoms with E-state index in [1.54, 1.807) is 12.4 Å².